The highest BCUT2D eigenvalue weighted by Gasteiger charge is 2.19. The minimum absolute atomic E-state index is 0.340. The topological polar surface area (TPSA) is 32.3 Å². The van der Waals surface area contributed by atoms with Gasteiger partial charge in [-0.1, -0.05) is 24.3 Å². The molecule has 0 saturated heterocycles. The maximum Gasteiger partial charge on any atom is 0.0922 e. The highest BCUT2D eigenvalue weighted by atomic mass is 32.2. The van der Waals surface area contributed by atoms with E-state index in [1.165, 1.54) is 16.9 Å². The molecule has 0 spiro atoms. The SMILES string of the molecule is OC(CNC1CSCCc2ccccc21)c1ccsc1. The van der Waals surface area contributed by atoms with Gasteiger partial charge in [0, 0.05) is 18.3 Å². The third kappa shape index (κ3) is 3.26. The van der Waals surface area contributed by atoms with Crippen LogP contribution >= 0.6 is 23.1 Å². The number of benzene rings is 1. The first-order valence-corrected chi connectivity index (χ1v) is 9.03. The molecule has 1 aromatic heterocycles. The number of thiophene rings is 1. The van der Waals surface area contributed by atoms with Crippen LogP contribution in [-0.4, -0.2) is 23.2 Å². The average Bonchev–Trinajstić information content (AvgIpc) is 2.93. The first-order chi connectivity index (χ1) is 9.84. The molecule has 1 aromatic carbocycles. The van der Waals surface area contributed by atoms with E-state index in [1.807, 2.05) is 28.6 Å². The van der Waals surface area contributed by atoms with Gasteiger partial charge < -0.3 is 10.4 Å². The smallest absolute Gasteiger partial charge is 0.0922 e. The fourth-order valence-corrected chi connectivity index (χ4v) is 4.35. The van der Waals surface area contributed by atoms with E-state index in [2.05, 4.69) is 29.6 Å². The van der Waals surface area contributed by atoms with Gasteiger partial charge in [-0.25, -0.2) is 0 Å². The zero-order valence-electron chi connectivity index (χ0n) is 11.3. The number of rotatable bonds is 4. The standard InChI is InChI=1S/C16H19NOS2/c18-16(13-6-8-19-10-13)9-17-15-11-20-7-5-12-3-1-2-4-14(12)15/h1-4,6,8,10,15-18H,5,7,9,11H2. The van der Waals surface area contributed by atoms with Crippen LogP contribution in [-0.2, 0) is 6.42 Å². The number of fused-ring (bicyclic) bond motifs is 1. The Morgan fingerprint density at radius 1 is 1.30 bits per heavy atom. The van der Waals surface area contributed by atoms with Crippen molar-refractivity contribution in [2.24, 2.45) is 0 Å². The van der Waals surface area contributed by atoms with E-state index in [-0.39, 0.29) is 0 Å². The molecule has 0 radical (unpaired) electrons. The van der Waals surface area contributed by atoms with Gasteiger partial charge in [-0.3, -0.25) is 0 Å². The van der Waals surface area contributed by atoms with Crippen molar-refractivity contribution in [1.82, 2.24) is 5.32 Å². The van der Waals surface area contributed by atoms with Crippen LogP contribution in [0, 0.1) is 0 Å². The first-order valence-electron chi connectivity index (χ1n) is 6.93. The number of nitrogens with one attached hydrogen (secondary N) is 1. The van der Waals surface area contributed by atoms with Crippen LogP contribution < -0.4 is 5.32 Å². The van der Waals surface area contributed by atoms with Gasteiger partial charge in [-0.2, -0.15) is 23.1 Å². The predicted molar refractivity (Wildman–Crippen MR) is 87.5 cm³/mol. The molecule has 0 aliphatic carbocycles. The monoisotopic (exact) mass is 305 g/mol. The first kappa shape index (κ1) is 14.1. The number of hydrogen-bond acceptors (Lipinski definition) is 4. The van der Waals surface area contributed by atoms with Crippen LogP contribution in [0.1, 0.15) is 28.8 Å². The molecular formula is C16H19NOS2. The van der Waals surface area contributed by atoms with Crippen molar-refractivity contribution in [3.05, 3.63) is 57.8 Å². The Balaban J connectivity index is 1.68. The molecule has 0 amide bonds. The second kappa shape index (κ2) is 6.76. The molecular weight excluding hydrogens is 286 g/mol. The lowest BCUT2D eigenvalue weighted by Gasteiger charge is -2.21. The summed E-state index contributed by atoms with van der Waals surface area (Å²) in [5.41, 5.74) is 3.85. The fourth-order valence-electron chi connectivity index (χ4n) is 2.58. The quantitative estimate of drug-likeness (QED) is 0.908. The summed E-state index contributed by atoms with van der Waals surface area (Å²) >= 11 is 3.62. The lowest BCUT2D eigenvalue weighted by Crippen LogP contribution is -2.28. The Bertz CT molecular complexity index is 541. The van der Waals surface area contributed by atoms with Crippen molar-refractivity contribution in [2.45, 2.75) is 18.6 Å². The van der Waals surface area contributed by atoms with E-state index in [0.29, 0.717) is 12.6 Å². The van der Waals surface area contributed by atoms with Gasteiger partial charge in [0.15, 0.2) is 0 Å². The molecule has 20 heavy (non-hydrogen) atoms. The number of aliphatic hydroxyl groups is 1. The van der Waals surface area contributed by atoms with E-state index in [1.54, 1.807) is 11.3 Å². The summed E-state index contributed by atoms with van der Waals surface area (Å²) in [5.74, 6) is 2.26. The number of hydrogen-bond donors (Lipinski definition) is 2. The Labute approximate surface area is 128 Å². The Morgan fingerprint density at radius 2 is 2.20 bits per heavy atom. The molecule has 2 heterocycles. The Hall–Kier alpha value is -0.810. The molecule has 2 N–H and O–H groups in total. The van der Waals surface area contributed by atoms with Crippen molar-refractivity contribution in [3.63, 3.8) is 0 Å². The average molecular weight is 305 g/mol. The van der Waals surface area contributed by atoms with Crippen LogP contribution in [0.4, 0.5) is 0 Å². The summed E-state index contributed by atoms with van der Waals surface area (Å²) < 4.78 is 0. The lowest BCUT2D eigenvalue weighted by atomic mass is 9.99. The second-order valence-corrected chi connectivity index (χ2v) is 6.99. The van der Waals surface area contributed by atoms with E-state index < -0.39 is 6.10 Å². The minimum atomic E-state index is -0.415. The molecule has 1 aliphatic rings. The van der Waals surface area contributed by atoms with Crippen LogP contribution in [0.2, 0.25) is 0 Å². The summed E-state index contributed by atoms with van der Waals surface area (Å²) in [4.78, 5) is 0. The lowest BCUT2D eigenvalue weighted by molar-refractivity contribution is 0.171. The van der Waals surface area contributed by atoms with Gasteiger partial charge in [-0.15, -0.1) is 0 Å². The van der Waals surface area contributed by atoms with Gasteiger partial charge in [0.1, 0.15) is 0 Å². The second-order valence-electron chi connectivity index (χ2n) is 5.06. The zero-order chi connectivity index (χ0) is 13.8. The zero-order valence-corrected chi connectivity index (χ0v) is 12.9. The molecule has 1 aliphatic heterocycles. The molecule has 0 saturated carbocycles. The van der Waals surface area contributed by atoms with Crippen LogP contribution in [0.3, 0.4) is 0 Å². The van der Waals surface area contributed by atoms with Crippen molar-refractivity contribution in [1.29, 1.82) is 0 Å². The Kier molecular flexibility index (Phi) is 4.78. The summed E-state index contributed by atoms with van der Waals surface area (Å²) in [7, 11) is 0. The van der Waals surface area contributed by atoms with Gasteiger partial charge in [0.25, 0.3) is 0 Å². The maximum atomic E-state index is 10.2. The molecule has 2 nitrogen and oxygen atoms in total. The normalized spacial score (nSPS) is 20.1. The molecule has 4 heteroatoms. The van der Waals surface area contributed by atoms with Gasteiger partial charge in [0.05, 0.1) is 6.10 Å². The summed E-state index contributed by atoms with van der Waals surface area (Å²) in [5, 5.41) is 17.8. The molecule has 0 bridgehead atoms. The third-order valence-electron chi connectivity index (χ3n) is 3.72. The molecule has 2 aromatic rings. The highest BCUT2D eigenvalue weighted by molar-refractivity contribution is 7.99. The fraction of sp³-hybridized carbons (Fsp3) is 0.375. The van der Waals surface area contributed by atoms with Crippen LogP contribution in [0.15, 0.2) is 41.1 Å². The highest BCUT2D eigenvalue weighted by Crippen LogP contribution is 2.28. The number of aliphatic hydroxyl groups excluding tert-OH is 1. The van der Waals surface area contributed by atoms with E-state index in [9.17, 15) is 5.11 Å². The Morgan fingerprint density at radius 3 is 3.05 bits per heavy atom. The van der Waals surface area contributed by atoms with Crippen LogP contribution in [0.25, 0.3) is 0 Å². The molecule has 2 atom stereocenters. The summed E-state index contributed by atoms with van der Waals surface area (Å²) in [6.45, 7) is 0.607. The summed E-state index contributed by atoms with van der Waals surface area (Å²) in [6.07, 6.45) is 0.730. The minimum Gasteiger partial charge on any atom is -0.387 e. The number of aryl methyl sites for hydroxylation is 1. The third-order valence-corrected chi connectivity index (χ3v) is 5.48. The molecule has 106 valence electrons. The van der Waals surface area contributed by atoms with Gasteiger partial charge >= 0.3 is 0 Å². The van der Waals surface area contributed by atoms with E-state index in [4.69, 9.17) is 0 Å². The van der Waals surface area contributed by atoms with Crippen molar-refractivity contribution in [3.8, 4) is 0 Å². The van der Waals surface area contributed by atoms with Crippen LogP contribution in [0.5, 0.6) is 0 Å². The van der Waals surface area contributed by atoms with Gasteiger partial charge in [0.2, 0.25) is 0 Å². The van der Waals surface area contributed by atoms with E-state index in [0.717, 1.165) is 17.7 Å². The molecule has 3 rings (SSSR count). The van der Waals surface area contributed by atoms with E-state index >= 15 is 0 Å². The largest absolute Gasteiger partial charge is 0.387 e. The predicted octanol–water partition coefficient (Wildman–Crippen LogP) is 3.40. The van der Waals surface area contributed by atoms with Crippen molar-refractivity contribution >= 4 is 23.1 Å². The molecule has 0 fully saturated rings. The number of thioether (sulfide) groups is 1. The molecule has 2 unspecified atom stereocenters. The summed E-state index contributed by atoms with van der Waals surface area (Å²) in [6, 6.07) is 11.0. The van der Waals surface area contributed by atoms with Crippen molar-refractivity contribution in [2.75, 3.05) is 18.1 Å². The van der Waals surface area contributed by atoms with Crippen molar-refractivity contribution < 1.29 is 5.11 Å². The maximum absolute atomic E-state index is 10.2. The van der Waals surface area contributed by atoms with Gasteiger partial charge in [-0.05, 0) is 45.7 Å².